The summed E-state index contributed by atoms with van der Waals surface area (Å²) in [6.45, 7) is 0.0605. The number of esters is 1. The number of aromatic amines is 1. The second-order valence-electron chi connectivity index (χ2n) is 10.1. The summed E-state index contributed by atoms with van der Waals surface area (Å²) in [5, 5.41) is 14.7. The minimum atomic E-state index is -1.39. The van der Waals surface area contributed by atoms with E-state index in [0.29, 0.717) is 16.8 Å². The molecule has 238 valence electrons. The van der Waals surface area contributed by atoms with Gasteiger partial charge in [-0.3, -0.25) is 14.4 Å². The first kappa shape index (κ1) is 32.8. The van der Waals surface area contributed by atoms with Gasteiger partial charge in [0.2, 0.25) is 0 Å². The highest BCUT2D eigenvalue weighted by Crippen LogP contribution is 2.29. The van der Waals surface area contributed by atoms with Gasteiger partial charge in [-0.25, -0.2) is 23.8 Å². The zero-order chi connectivity index (χ0) is 32.4. The summed E-state index contributed by atoms with van der Waals surface area (Å²) in [6, 6.07) is 13.4. The van der Waals surface area contributed by atoms with Crippen LogP contribution in [0.2, 0.25) is 0 Å². The molecule has 2 heterocycles. The summed E-state index contributed by atoms with van der Waals surface area (Å²) < 4.78 is 5.50. The number of fused-ring (bicyclic) bond motifs is 2. The van der Waals surface area contributed by atoms with Crippen molar-refractivity contribution in [2.24, 2.45) is 5.73 Å². The van der Waals surface area contributed by atoms with Gasteiger partial charge in [-0.05, 0) is 53.8 Å². The quantitative estimate of drug-likeness (QED) is 0.111. The van der Waals surface area contributed by atoms with Crippen LogP contribution in [0.4, 0.5) is 17.1 Å². The lowest BCUT2D eigenvalue weighted by molar-refractivity contribution is 0.0599. The lowest BCUT2D eigenvalue weighted by Crippen LogP contribution is -2.36. The first-order chi connectivity index (χ1) is 21.5. The highest BCUT2D eigenvalue weighted by Gasteiger charge is 2.21. The maximum absolute atomic E-state index is 12.5. The number of carboxylic acid groups (broad SMARTS) is 1. The summed E-state index contributed by atoms with van der Waals surface area (Å²) in [7, 11) is 1.39. The highest BCUT2D eigenvalue weighted by atomic mass is 16.5. The van der Waals surface area contributed by atoms with E-state index >= 15 is 0 Å². The molecule has 15 nitrogen and oxygen atoms in total. The molecule has 0 fully saturated rings. The van der Waals surface area contributed by atoms with Crippen molar-refractivity contribution in [3.05, 3.63) is 119 Å². The number of benzene rings is 2. The van der Waals surface area contributed by atoms with Crippen molar-refractivity contribution in [1.29, 1.82) is 0 Å². The molecule has 3 aromatic carbocycles. The third kappa shape index (κ3) is 6.39. The predicted molar refractivity (Wildman–Crippen MR) is 169 cm³/mol. The molecule has 0 unspecified atom stereocenters. The zero-order valence-corrected chi connectivity index (χ0v) is 23.7. The molecule has 5 aromatic rings. The normalized spacial score (nSPS) is 13.2. The average molecular weight is 630 g/mol. The van der Waals surface area contributed by atoms with E-state index in [1.807, 2.05) is 12.1 Å². The number of hydrogen-bond acceptors (Lipinski definition) is 11. The van der Waals surface area contributed by atoms with Crippen LogP contribution in [0.1, 0.15) is 67.9 Å². The maximum atomic E-state index is 12.5. The van der Waals surface area contributed by atoms with E-state index < -0.39 is 34.1 Å². The lowest BCUT2D eigenvalue weighted by Gasteiger charge is -2.11. The van der Waals surface area contributed by atoms with E-state index in [0.717, 1.165) is 28.9 Å². The standard InChI is InChI=1S/C19H14N6O6.C11H13NO2.CH4/c20-13-14(16(27)15(13)26)23-9-3-1-2-8(4-9)6-21-17(28)10-5-11(18(29)30)25-12(24-10)7-22-19(25)31;1-14-11(13)8-2-4-9-7(6-8)3-5-10(9)12;/h1-5,7,23H,6,20H2,(H,21,28)(H,22,31)(H,29,30);2,4,6,10H,3,5,12H2,1H3;1H4/t;10-;/m.0./s1. The van der Waals surface area contributed by atoms with Gasteiger partial charge in [0.1, 0.15) is 22.8 Å². The number of anilines is 3. The van der Waals surface area contributed by atoms with E-state index in [1.165, 1.54) is 18.9 Å². The number of carbonyl (C=O) groups excluding carboxylic acids is 2. The number of nitrogens with one attached hydrogen (secondary N) is 3. The van der Waals surface area contributed by atoms with Gasteiger partial charge in [-0.15, -0.1) is 0 Å². The third-order valence-electron chi connectivity index (χ3n) is 7.24. The fourth-order valence-corrected chi connectivity index (χ4v) is 4.90. The SMILES string of the molecule is C.COC(=O)c1ccc2c(c1)CC[C@@H]2N.Nc1c(Nc2cccc(CNC(=O)c3cc(C(=O)O)n4c(=O)[nH]cc4n3)c2)c(=O)c1=O. The first-order valence-corrected chi connectivity index (χ1v) is 13.5. The van der Waals surface area contributed by atoms with Crippen LogP contribution in [0.3, 0.4) is 0 Å². The molecule has 15 heteroatoms. The van der Waals surface area contributed by atoms with Crippen molar-refractivity contribution in [1.82, 2.24) is 19.7 Å². The van der Waals surface area contributed by atoms with Gasteiger partial charge in [0.25, 0.3) is 16.8 Å². The first-order valence-electron chi connectivity index (χ1n) is 13.5. The van der Waals surface area contributed by atoms with E-state index in [9.17, 15) is 33.9 Å². The Morgan fingerprint density at radius 2 is 1.87 bits per heavy atom. The van der Waals surface area contributed by atoms with E-state index in [2.05, 4.69) is 25.3 Å². The Morgan fingerprint density at radius 1 is 1.11 bits per heavy atom. The molecule has 0 saturated carbocycles. The van der Waals surface area contributed by atoms with Gasteiger partial charge in [-0.2, -0.15) is 0 Å². The number of aromatic nitrogens is 3. The van der Waals surface area contributed by atoms with Crippen LogP contribution in [-0.4, -0.2) is 44.4 Å². The minimum Gasteiger partial charge on any atom is -0.477 e. The monoisotopic (exact) mass is 629 g/mol. The number of ether oxygens (including phenoxy) is 1. The van der Waals surface area contributed by atoms with E-state index in [-0.39, 0.29) is 48.7 Å². The summed E-state index contributed by atoms with van der Waals surface area (Å²) in [6.07, 6.45) is 3.13. The van der Waals surface area contributed by atoms with Crippen LogP contribution in [0.25, 0.3) is 5.65 Å². The molecular weight excluding hydrogens is 598 g/mol. The van der Waals surface area contributed by atoms with Crippen LogP contribution < -0.4 is 38.6 Å². The molecule has 0 aliphatic heterocycles. The molecular formula is C31H31N7O8. The molecule has 0 radical (unpaired) electrons. The number of aromatic carboxylic acids is 1. The largest absolute Gasteiger partial charge is 0.477 e. The number of aryl methyl sites for hydroxylation is 1. The van der Waals surface area contributed by atoms with Gasteiger partial charge in [0.05, 0.1) is 12.7 Å². The molecule has 2 aromatic heterocycles. The van der Waals surface area contributed by atoms with Crippen LogP contribution >= 0.6 is 0 Å². The van der Waals surface area contributed by atoms with Gasteiger partial charge in [-0.1, -0.05) is 25.6 Å². The number of methoxy groups -OCH3 is 1. The molecule has 46 heavy (non-hydrogen) atoms. The summed E-state index contributed by atoms with van der Waals surface area (Å²) >= 11 is 0. The van der Waals surface area contributed by atoms with E-state index in [1.54, 1.807) is 30.3 Å². The number of amides is 1. The number of imidazole rings is 1. The molecule has 1 amide bonds. The van der Waals surface area contributed by atoms with Gasteiger partial charge in [0, 0.05) is 30.5 Å². The van der Waals surface area contributed by atoms with Crippen LogP contribution in [0, 0.1) is 0 Å². The molecule has 1 aliphatic carbocycles. The molecule has 1 atom stereocenters. The Kier molecular flexibility index (Phi) is 9.47. The second kappa shape index (κ2) is 13.3. The fourth-order valence-electron chi connectivity index (χ4n) is 4.90. The third-order valence-corrected chi connectivity index (χ3v) is 7.24. The van der Waals surface area contributed by atoms with Crippen molar-refractivity contribution in [3.8, 4) is 0 Å². The lowest BCUT2D eigenvalue weighted by atomic mass is 10.1. The van der Waals surface area contributed by atoms with Crippen molar-refractivity contribution in [3.63, 3.8) is 0 Å². The minimum absolute atomic E-state index is 0. The summed E-state index contributed by atoms with van der Waals surface area (Å²) in [5.41, 5.74) is 12.7. The maximum Gasteiger partial charge on any atom is 0.353 e. The molecule has 1 aliphatic rings. The molecule has 0 saturated heterocycles. The van der Waals surface area contributed by atoms with Crippen LogP contribution in [-0.2, 0) is 17.7 Å². The molecule has 8 N–H and O–H groups in total. The number of nitrogens with two attached hydrogens (primary N) is 2. The van der Waals surface area contributed by atoms with Crippen LogP contribution in [0.5, 0.6) is 0 Å². The summed E-state index contributed by atoms with van der Waals surface area (Å²) in [5.74, 6) is -2.32. The Hall–Kier alpha value is -6.09. The average Bonchev–Trinajstić information content (AvgIpc) is 3.62. The smallest absolute Gasteiger partial charge is 0.353 e. The number of carboxylic acids is 1. The Balaban J connectivity index is 0.000000268. The van der Waals surface area contributed by atoms with Crippen molar-refractivity contribution < 1.29 is 24.2 Å². The Bertz CT molecular complexity index is 2110. The number of H-pyrrole nitrogens is 1. The van der Waals surface area contributed by atoms with Crippen molar-refractivity contribution in [2.45, 2.75) is 32.9 Å². The van der Waals surface area contributed by atoms with E-state index in [4.69, 9.17) is 11.5 Å². The predicted octanol–water partition coefficient (Wildman–Crippen LogP) is 1.63. The number of nitrogen functional groups attached to an aromatic ring is 1. The Morgan fingerprint density at radius 3 is 2.57 bits per heavy atom. The second-order valence-corrected chi connectivity index (χ2v) is 10.1. The highest BCUT2D eigenvalue weighted by molar-refractivity contribution is 5.96. The van der Waals surface area contributed by atoms with Crippen LogP contribution in [0.15, 0.2) is 69.1 Å². The number of hydrogen-bond donors (Lipinski definition) is 6. The van der Waals surface area contributed by atoms with Gasteiger partial charge < -0.3 is 36.9 Å². The summed E-state index contributed by atoms with van der Waals surface area (Å²) in [4.78, 5) is 76.0. The number of carbonyl (C=O) groups is 3. The fraction of sp³-hybridized carbons (Fsp3) is 0.194. The molecule has 0 bridgehead atoms. The zero-order valence-electron chi connectivity index (χ0n) is 23.7. The number of rotatable bonds is 7. The van der Waals surface area contributed by atoms with Gasteiger partial charge >= 0.3 is 17.6 Å². The number of nitrogens with zero attached hydrogens (tertiary/aromatic N) is 2. The topological polar surface area (TPSA) is 241 Å². The molecule has 6 rings (SSSR count). The molecule has 0 spiro atoms. The Labute approximate surface area is 260 Å². The van der Waals surface area contributed by atoms with Crippen molar-refractivity contribution >= 4 is 40.6 Å². The van der Waals surface area contributed by atoms with Gasteiger partial charge in [0.15, 0.2) is 5.65 Å². The van der Waals surface area contributed by atoms with Crippen molar-refractivity contribution in [2.75, 3.05) is 18.2 Å².